The molecule has 2 aromatic carbocycles. The first-order chi connectivity index (χ1) is 8.72. The maximum absolute atomic E-state index is 9.28. The number of hydrogen-bond donors (Lipinski definition) is 0. The quantitative estimate of drug-likeness (QED) is 0.754. The Balaban J connectivity index is 2.40. The fraction of sp³-hybridized carbons (Fsp3) is 0.188. The molecule has 0 saturated carbocycles. The average molecular weight is 237 g/mol. The first kappa shape index (κ1) is 12.2. The molecule has 0 spiro atoms. The monoisotopic (exact) mass is 237 g/mol. The standard InChI is InChI=1S/C16H15NO/c1-12(2)9-10-18-16-8-7-13-5-3-4-6-14(13)15(16)11-17/h3-9H,10H2,1-2H3. The fourth-order valence-corrected chi connectivity index (χ4v) is 1.79. The van der Waals surface area contributed by atoms with E-state index in [-0.39, 0.29) is 0 Å². The van der Waals surface area contributed by atoms with Crippen LogP contribution in [0, 0.1) is 11.3 Å². The van der Waals surface area contributed by atoms with Gasteiger partial charge in [-0.15, -0.1) is 0 Å². The Kier molecular flexibility index (Phi) is 3.64. The highest BCUT2D eigenvalue weighted by Gasteiger charge is 2.07. The van der Waals surface area contributed by atoms with Crippen LogP contribution in [0.5, 0.6) is 5.75 Å². The number of rotatable bonds is 3. The number of benzene rings is 2. The third-order valence-corrected chi connectivity index (χ3v) is 2.73. The first-order valence-corrected chi connectivity index (χ1v) is 5.90. The number of hydrogen-bond acceptors (Lipinski definition) is 2. The van der Waals surface area contributed by atoms with Gasteiger partial charge in [0.25, 0.3) is 0 Å². The fourth-order valence-electron chi connectivity index (χ4n) is 1.79. The molecule has 0 aliphatic rings. The Morgan fingerprint density at radius 1 is 1.22 bits per heavy atom. The topological polar surface area (TPSA) is 33.0 Å². The van der Waals surface area contributed by atoms with E-state index in [1.54, 1.807) is 0 Å². The van der Waals surface area contributed by atoms with E-state index < -0.39 is 0 Å². The summed E-state index contributed by atoms with van der Waals surface area (Å²) in [5.74, 6) is 0.647. The summed E-state index contributed by atoms with van der Waals surface area (Å²) in [6.07, 6.45) is 2.00. The maximum Gasteiger partial charge on any atom is 0.138 e. The van der Waals surface area contributed by atoms with Crippen LogP contribution in [0.4, 0.5) is 0 Å². The highest BCUT2D eigenvalue weighted by molar-refractivity contribution is 5.90. The van der Waals surface area contributed by atoms with Crippen molar-refractivity contribution in [2.45, 2.75) is 13.8 Å². The number of nitriles is 1. The van der Waals surface area contributed by atoms with Crippen molar-refractivity contribution >= 4 is 10.8 Å². The highest BCUT2D eigenvalue weighted by atomic mass is 16.5. The molecule has 90 valence electrons. The average Bonchev–Trinajstić information content (AvgIpc) is 2.38. The van der Waals surface area contributed by atoms with Gasteiger partial charge in [0.15, 0.2) is 0 Å². The molecule has 0 heterocycles. The third-order valence-electron chi connectivity index (χ3n) is 2.73. The zero-order valence-corrected chi connectivity index (χ0v) is 10.6. The summed E-state index contributed by atoms with van der Waals surface area (Å²) >= 11 is 0. The first-order valence-electron chi connectivity index (χ1n) is 5.90. The van der Waals surface area contributed by atoms with Crippen molar-refractivity contribution in [3.63, 3.8) is 0 Å². The molecule has 2 nitrogen and oxygen atoms in total. The van der Waals surface area contributed by atoms with Crippen molar-refractivity contribution in [1.29, 1.82) is 5.26 Å². The molecule has 2 aromatic rings. The molecule has 0 saturated heterocycles. The Morgan fingerprint density at radius 3 is 2.72 bits per heavy atom. The summed E-state index contributed by atoms with van der Waals surface area (Å²) in [7, 11) is 0. The van der Waals surface area contributed by atoms with E-state index in [0.29, 0.717) is 17.9 Å². The van der Waals surface area contributed by atoms with Crippen LogP contribution in [-0.2, 0) is 0 Å². The van der Waals surface area contributed by atoms with E-state index in [4.69, 9.17) is 4.74 Å². The summed E-state index contributed by atoms with van der Waals surface area (Å²) in [4.78, 5) is 0. The van der Waals surface area contributed by atoms with Gasteiger partial charge in [0.1, 0.15) is 24.0 Å². The minimum Gasteiger partial charge on any atom is -0.488 e. The molecular formula is C16H15NO. The van der Waals surface area contributed by atoms with Gasteiger partial charge in [-0.3, -0.25) is 0 Å². The van der Waals surface area contributed by atoms with Gasteiger partial charge in [0, 0.05) is 5.39 Å². The highest BCUT2D eigenvalue weighted by Crippen LogP contribution is 2.27. The molecule has 0 N–H and O–H groups in total. The van der Waals surface area contributed by atoms with Crippen molar-refractivity contribution in [2.24, 2.45) is 0 Å². The molecule has 0 radical (unpaired) electrons. The lowest BCUT2D eigenvalue weighted by Gasteiger charge is -2.08. The Morgan fingerprint density at radius 2 is 2.00 bits per heavy atom. The zero-order chi connectivity index (χ0) is 13.0. The zero-order valence-electron chi connectivity index (χ0n) is 10.6. The van der Waals surface area contributed by atoms with Crippen LogP contribution in [-0.4, -0.2) is 6.61 Å². The smallest absolute Gasteiger partial charge is 0.138 e. The summed E-state index contributed by atoms with van der Waals surface area (Å²) in [6.45, 7) is 4.54. The summed E-state index contributed by atoms with van der Waals surface area (Å²) in [6, 6.07) is 13.9. The largest absolute Gasteiger partial charge is 0.488 e. The molecule has 0 bridgehead atoms. The van der Waals surface area contributed by atoms with Gasteiger partial charge in [0.05, 0.1) is 0 Å². The van der Waals surface area contributed by atoms with E-state index in [2.05, 4.69) is 6.07 Å². The van der Waals surface area contributed by atoms with Crippen LogP contribution in [0.2, 0.25) is 0 Å². The van der Waals surface area contributed by atoms with Crippen LogP contribution in [0.15, 0.2) is 48.0 Å². The van der Waals surface area contributed by atoms with Crippen LogP contribution in [0.25, 0.3) is 10.8 Å². The molecule has 0 atom stereocenters. The lowest BCUT2D eigenvalue weighted by atomic mass is 10.0. The summed E-state index contributed by atoms with van der Waals surface area (Å²) in [5.41, 5.74) is 1.81. The van der Waals surface area contributed by atoms with Gasteiger partial charge in [0.2, 0.25) is 0 Å². The Bertz CT molecular complexity index is 631. The van der Waals surface area contributed by atoms with Gasteiger partial charge in [-0.1, -0.05) is 35.9 Å². The van der Waals surface area contributed by atoms with E-state index in [1.807, 2.05) is 56.3 Å². The van der Waals surface area contributed by atoms with E-state index in [0.717, 1.165) is 10.8 Å². The van der Waals surface area contributed by atoms with Crippen molar-refractivity contribution in [2.75, 3.05) is 6.61 Å². The summed E-state index contributed by atoms with van der Waals surface area (Å²) in [5, 5.41) is 11.3. The molecule has 0 aliphatic heterocycles. The molecule has 0 unspecified atom stereocenters. The van der Waals surface area contributed by atoms with Gasteiger partial charge < -0.3 is 4.74 Å². The van der Waals surface area contributed by atoms with E-state index in [9.17, 15) is 5.26 Å². The third kappa shape index (κ3) is 2.52. The molecular weight excluding hydrogens is 222 g/mol. The minimum atomic E-state index is 0.495. The second-order valence-electron chi connectivity index (χ2n) is 4.36. The van der Waals surface area contributed by atoms with Crippen molar-refractivity contribution in [1.82, 2.24) is 0 Å². The van der Waals surface area contributed by atoms with E-state index >= 15 is 0 Å². The van der Waals surface area contributed by atoms with E-state index in [1.165, 1.54) is 5.57 Å². The number of fused-ring (bicyclic) bond motifs is 1. The minimum absolute atomic E-state index is 0.495. The second kappa shape index (κ2) is 5.37. The van der Waals surface area contributed by atoms with Gasteiger partial charge >= 0.3 is 0 Å². The lowest BCUT2D eigenvalue weighted by Crippen LogP contribution is -1.97. The molecule has 2 heteroatoms. The van der Waals surface area contributed by atoms with Gasteiger partial charge in [-0.25, -0.2) is 0 Å². The van der Waals surface area contributed by atoms with Crippen LogP contribution in [0.3, 0.4) is 0 Å². The SMILES string of the molecule is CC(C)=CCOc1ccc2ccccc2c1C#N. The lowest BCUT2D eigenvalue weighted by molar-refractivity contribution is 0.361. The van der Waals surface area contributed by atoms with Crippen LogP contribution >= 0.6 is 0 Å². The van der Waals surface area contributed by atoms with Crippen molar-refractivity contribution < 1.29 is 4.74 Å². The molecule has 0 fully saturated rings. The Hall–Kier alpha value is -2.27. The summed E-state index contributed by atoms with van der Waals surface area (Å²) < 4.78 is 5.65. The number of nitrogens with zero attached hydrogens (tertiary/aromatic N) is 1. The van der Waals surface area contributed by atoms with Crippen LogP contribution < -0.4 is 4.74 Å². The molecule has 2 rings (SSSR count). The maximum atomic E-state index is 9.28. The normalized spacial score (nSPS) is 9.83. The predicted molar refractivity (Wildman–Crippen MR) is 73.6 cm³/mol. The van der Waals surface area contributed by atoms with Crippen molar-refractivity contribution in [3.8, 4) is 11.8 Å². The van der Waals surface area contributed by atoms with Crippen LogP contribution in [0.1, 0.15) is 19.4 Å². The number of ether oxygens (including phenoxy) is 1. The number of allylic oxidation sites excluding steroid dienone is 1. The Labute approximate surface area is 107 Å². The van der Waals surface area contributed by atoms with Gasteiger partial charge in [-0.05, 0) is 31.4 Å². The molecule has 0 amide bonds. The molecule has 0 aromatic heterocycles. The van der Waals surface area contributed by atoms with Gasteiger partial charge in [-0.2, -0.15) is 5.26 Å². The second-order valence-corrected chi connectivity index (χ2v) is 4.36. The van der Waals surface area contributed by atoms with Crippen molar-refractivity contribution in [3.05, 3.63) is 53.6 Å². The predicted octanol–water partition coefficient (Wildman–Crippen LogP) is 4.06. The molecule has 18 heavy (non-hydrogen) atoms. The molecule has 0 aliphatic carbocycles.